The van der Waals surface area contributed by atoms with Gasteiger partial charge in [-0.05, 0) is 23.8 Å². The summed E-state index contributed by atoms with van der Waals surface area (Å²) in [6, 6.07) is 6.59. The van der Waals surface area contributed by atoms with E-state index < -0.39 is 11.7 Å². The summed E-state index contributed by atoms with van der Waals surface area (Å²) in [6.45, 7) is 0. The molecular formula is C17H9F3N4OS. The molecule has 1 aromatic carbocycles. The van der Waals surface area contributed by atoms with E-state index in [-0.39, 0.29) is 17.5 Å². The second-order valence-corrected chi connectivity index (χ2v) is 6.23. The SMILES string of the molecule is Oc1nc(-c2ncccn2)nc2c(-c3cccc(C(F)(F)F)c3)csc12. The number of nitrogens with zero attached hydrogens (tertiary/aromatic N) is 4. The molecule has 5 nitrogen and oxygen atoms in total. The third-order valence-corrected chi connectivity index (χ3v) is 4.63. The van der Waals surface area contributed by atoms with Crippen LogP contribution in [0.4, 0.5) is 13.2 Å². The molecule has 0 saturated heterocycles. The maximum Gasteiger partial charge on any atom is 0.416 e. The number of hydrogen-bond acceptors (Lipinski definition) is 6. The fourth-order valence-electron chi connectivity index (χ4n) is 2.49. The molecule has 0 unspecified atom stereocenters. The first-order valence-electron chi connectivity index (χ1n) is 7.37. The summed E-state index contributed by atoms with van der Waals surface area (Å²) in [6.07, 6.45) is -1.43. The molecule has 1 N–H and O–H groups in total. The normalized spacial score (nSPS) is 11.8. The van der Waals surface area contributed by atoms with E-state index in [2.05, 4.69) is 19.9 Å². The van der Waals surface area contributed by atoms with Gasteiger partial charge in [-0.25, -0.2) is 15.0 Å². The fraction of sp³-hybridized carbons (Fsp3) is 0.0588. The first kappa shape index (κ1) is 16.4. The Morgan fingerprint density at radius 2 is 1.73 bits per heavy atom. The zero-order chi connectivity index (χ0) is 18.3. The van der Waals surface area contributed by atoms with E-state index >= 15 is 0 Å². The van der Waals surface area contributed by atoms with Gasteiger partial charge in [-0.1, -0.05) is 12.1 Å². The molecule has 0 aliphatic carbocycles. The first-order chi connectivity index (χ1) is 12.4. The predicted octanol–water partition coefficient (Wildman–Crippen LogP) is 4.54. The summed E-state index contributed by atoms with van der Waals surface area (Å²) >= 11 is 1.16. The Morgan fingerprint density at radius 1 is 0.962 bits per heavy atom. The maximum atomic E-state index is 13.0. The summed E-state index contributed by atoms with van der Waals surface area (Å²) in [5, 5.41) is 11.8. The van der Waals surface area contributed by atoms with E-state index in [1.54, 1.807) is 17.5 Å². The Kier molecular flexibility index (Phi) is 3.80. The van der Waals surface area contributed by atoms with Gasteiger partial charge in [0, 0.05) is 23.3 Å². The third kappa shape index (κ3) is 2.86. The summed E-state index contributed by atoms with van der Waals surface area (Å²) in [7, 11) is 0. The maximum absolute atomic E-state index is 13.0. The summed E-state index contributed by atoms with van der Waals surface area (Å²) < 4.78 is 39.4. The molecule has 0 aliphatic rings. The Balaban J connectivity index is 1.91. The molecule has 0 bridgehead atoms. The van der Waals surface area contributed by atoms with Crippen LogP contribution in [0.5, 0.6) is 5.88 Å². The number of alkyl halides is 3. The Hall–Kier alpha value is -3.07. The number of fused-ring (bicyclic) bond motifs is 1. The van der Waals surface area contributed by atoms with Crippen LogP contribution in [0.1, 0.15) is 5.56 Å². The van der Waals surface area contributed by atoms with Crippen LogP contribution in [0.2, 0.25) is 0 Å². The highest BCUT2D eigenvalue weighted by atomic mass is 32.1. The zero-order valence-electron chi connectivity index (χ0n) is 12.9. The molecule has 0 atom stereocenters. The Morgan fingerprint density at radius 3 is 2.46 bits per heavy atom. The second-order valence-electron chi connectivity index (χ2n) is 5.35. The van der Waals surface area contributed by atoms with Crippen LogP contribution in [0.25, 0.3) is 33.0 Å². The van der Waals surface area contributed by atoms with E-state index in [4.69, 9.17) is 0 Å². The van der Waals surface area contributed by atoms with Crippen molar-refractivity contribution in [2.75, 3.05) is 0 Å². The number of halogens is 3. The van der Waals surface area contributed by atoms with Gasteiger partial charge in [0.2, 0.25) is 11.7 Å². The number of hydrogen-bond donors (Lipinski definition) is 1. The molecule has 3 aromatic heterocycles. The number of rotatable bonds is 2. The number of aromatic hydroxyl groups is 1. The van der Waals surface area contributed by atoms with Crippen LogP contribution in [-0.4, -0.2) is 25.0 Å². The standard InChI is InChI=1S/C17H9F3N4OS/c18-17(19,20)10-4-1-3-9(7-10)11-8-26-13-12(11)23-15(24-16(13)25)14-21-5-2-6-22-14/h1-8H,(H,23,24,25). The van der Waals surface area contributed by atoms with E-state index in [9.17, 15) is 18.3 Å². The minimum atomic E-state index is -4.44. The van der Waals surface area contributed by atoms with Crippen LogP contribution in [0, 0.1) is 0 Å². The summed E-state index contributed by atoms with van der Waals surface area (Å²) in [4.78, 5) is 16.4. The monoisotopic (exact) mass is 374 g/mol. The van der Waals surface area contributed by atoms with Gasteiger partial charge in [-0.2, -0.15) is 18.2 Å². The lowest BCUT2D eigenvalue weighted by Gasteiger charge is -2.08. The van der Waals surface area contributed by atoms with Gasteiger partial charge in [0.1, 0.15) is 4.70 Å². The predicted molar refractivity (Wildman–Crippen MR) is 90.5 cm³/mol. The van der Waals surface area contributed by atoms with Gasteiger partial charge < -0.3 is 5.11 Å². The van der Waals surface area contributed by atoms with Gasteiger partial charge in [0.15, 0.2) is 5.82 Å². The zero-order valence-corrected chi connectivity index (χ0v) is 13.7. The molecule has 0 amide bonds. The topological polar surface area (TPSA) is 71.8 Å². The molecule has 3 heterocycles. The number of thiophene rings is 1. The second kappa shape index (κ2) is 6.03. The fourth-order valence-corrected chi connectivity index (χ4v) is 3.39. The molecule has 130 valence electrons. The lowest BCUT2D eigenvalue weighted by atomic mass is 10.0. The van der Waals surface area contributed by atoms with Gasteiger partial charge in [0.25, 0.3) is 0 Å². The van der Waals surface area contributed by atoms with Crippen LogP contribution in [0.15, 0.2) is 48.1 Å². The summed E-state index contributed by atoms with van der Waals surface area (Å²) in [5.41, 5.74) is 0.429. The van der Waals surface area contributed by atoms with Crippen molar-refractivity contribution in [1.82, 2.24) is 19.9 Å². The van der Waals surface area contributed by atoms with Gasteiger partial charge in [-0.3, -0.25) is 0 Å². The van der Waals surface area contributed by atoms with Crippen molar-refractivity contribution in [1.29, 1.82) is 0 Å². The van der Waals surface area contributed by atoms with E-state index in [0.717, 1.165) is 23.5 Å². The highest BCUT2D eigenvalue weighted by Crippen LogP contribution is 2.39. The molecular weight excluding hydrogens is 365 g/mol. The highest BCUT2D eigenvalue weighted by Gasteiger charge is 2.30. The van der Waals surface area contributed by atoms with E-state index in [1.807, 2.05) is 0 Å². The molecule has 26 heavy (non-hydrogen) atoms. The van der Waals surface area contributed by atoms with Crippen molar-refractivity contribution in [2.24, 2.45) is 0 Å². The van der Waals surface area contributed by atoms with Crippen molar-refractivity contribution in [3.63, 3.8) is 0 Å². The van der Waals surface area contributed by atoms with Crippen LogP contribution >= 0.6 is 11.3 Å². The minimum Gasteiger partial charge on any atom is -0.492 e. The average Bonchev–Trinajstić information content (AvgIpc) is 3.06. The molecule has 0 saturated carbocycles. The highest BCUT2D eigenvalue weighted by molar-refractivity contribution is 7.18. The first-order valence-corrected chi connectivity index (χ1v) is 8.24. The van der Waals surface area contributed by atoms with E-state index in [0.29, 0.717) is 21.3 Å². The Labute approximate surface area is 148 Å². The summed E-state index contributed by atoms with van der Waals surface area (Å²) in [5.74, 6) is 0.0498. The lowest BCUT2D eigenvalue weighted by molar-refractivity contribution is -0.137. The molecule has 0 spiro atoms. The Bertz CT molecular complexity index is 1100. The van der Waals surface area contributed by atoms with Gasteiger partial charge in [-0.15, -0.1) is 11.3 Å². The van der Waals surface area contributed by atoms with E-state index in [1.165, 1.54) is 18.5 Å². The minimum absolute atomic E-state index is 0.0993. The molecule has 0 fully saturated rings. The average molecular weight is 374 g/mol. The molecule has 0 aliphatic heterocycles. The van der Waals surface area contributed by atoms with Crippen LogP contribution in [0.3, 0.4) is 0 Å². The lowest BCUT2D eigenvalue weighted by Crippen LogP contribution is -2.04. The largest absolute Gasteiger partial charge is 0.492 e. The van der Waals surface area contributed by atoms with Gasteiger partial charge >= 0.3 is 6.18 Å². The van der Waals surface area contributed by atoms with Gasteiger partial charge in [0.05, 0.1) is 11.1 Å². The van der Waals surface area contributed by atoms with Crippen LogP contribution in [-0.2, 0) is 6.18 Å². The van der Waals surface area contributed by atoms with Crippen molar-refractivity contribution in [2.45, 2.75) is 6.18 Å². The molecule has 4 rings (SSSR count). The van der Waals surface area contributed by atoms with Crippen molar-refractivity contribution in [3.8, 4) is 28.7 Å². The van der Waals surface area contributed by atoms with Crippen molar-refractivity contribution < 1.29 is 18.3 Å². The quantitative estimate of drug-likeness (QED) is 0.558. The smallest absolute Gasteiger partial charge is 0.416 e. The van der Waals surface area contributed by atoms with Crippen molar-refractivity contribution in [3.05, 3.63) is 53.7 Å². The molecule has 4 aromatic rings. The molecule has 9 heteroatoms. The van der Waals surface area contributed by atoms with Crippen LogP contribution < -0.4 is 0 Å². The number of aromatic nitrogens is 4. The molecule has 0 radical (unpaired) electrons. The third-order valence-electron chi connectivity index (χ3n) is 3.66. The number of benzene rings is 1. The van der Waals surface area contributed by atoms with Crippen molar-refractivity contribution >= 4 is 21.6 Å².